The van der Waals surface area contributed by atoms with E-state index in [1.54, 1.807) is 21.3 Å². The van der Waals surface area contributed by atoms with E-state index in [0.29, 0.717) is 17.2 Å². The van der Waals surface area contributed by atoms with E-state index >= 15 is 0 Å². The highest BCUT2D eigenvalue weighted by atomic mass is 35.5. The number of methoxy groups -OCH3 is 3. The zero-order chi connectivity index (χ0) is 15.2. The van der Waals surface area contributed by atoms with Crippen molar-refractivity contribution >= 4 is 18.6 Å². The highest BCUT2D eigenvalue weighted by Crippen LogP contribution is 2.39. The molecule has 1 aliphatic heterocycles. The van der Waals surface area contributed by atoms with E-state index < -0.39 is 0 Å². The van der Waals surface area contributed by atoms with Crippen LogP contribution in [0.25, 0.3) is 0 Å². The van der Waals surface area contributed by atoms with Crippen LogP contribution >= 0.6 is 12.4 Å². The minimum Gasteiger partial charge on any atom is -0.493 e. The lowest BCUT2D eigenvalue weighted by atomic mass is 10.2. The van der Waals surface area contributed by atoms with E-state index in [4.69, 9.17) is 14.2 Å². The molecular formula is C15H24ClN3O3. The largest absolute Gasteiger partial charge is 0.493 e. The van der Waals surface area contributed by atoms with Crippen molar-refractivity contribution in [2.75, 3.05) is 54.6 Å². The summed E-state index contributed by atoms with van der Waals surface area (Å²) in [5.41, 5.74) is 0.870. The molecule has 0 unspecified atom stereocenters. The van der Waals surface area contributed by atoms with Crippen molar-refractivity contribution in [2.45, 2.75) is 0 Å². The van der Waals surface area contributed by atoms with Crippen LogP contribution in [0.4, 0.5) is 0 Å². The maximum atomic E-state index is 5.44. The molecule has 0 N–H and O–H groups in total. The Labute approximate surface area is 138 Å². The smallest absolute Gasteiger partial charge is 0.203 e. The molecule has 0 amide bonds. The molecule has 1 aromatic carbocycles. The first-order valence-electron chi connectivity index (χ1n) is 6.96. The minimum absolute atomic E-state index is 0. The summed E-state index contributed by atoms with van der Waals surface area (Å²) < 4.78 is 16.1. The lowest BCUT2D eigenvalue weighted by molar-refractivity contribution is 0.159. The lowest BCUT2D eigenvalue weighted by Crippen LogP contribution is -2.41. The molecule has 2 rings (SSSR count). The van der Waals surface area contributed by atoms with Crippen LogP contribution < -0.4 is 14.2 Å². The number of likely N-dealkylation sites (N-methyl/N-ethyl adjacent to an activating group) is 1. The summed E-state index contributed by atoms with van der Waals surface area (Å²) in [4.78, 5) is 2.29. The van der Waals surface area contributed by atoms with Crippen LogP contribution in [-0.4, -0.2) is 70.7 Å². The second kappa shape index (κ2) is 8.70. The van der Waals surface area contributed by atoms with E-state index in [-0.39, 0.29) is 12.4 Å². The van der Waals surface area contributed by atoms with Gasteiger partial charge in [-0.2, -0.15) is 5.10 Å². The molecular weight excluding hydrogens is 306 g/mol. The zero-order valence-electron chi connectivity index (χ0n) is 13.5. The highest BCUT2D eigenvalue weighted by Gasteiger charge is 2.15. The van der Waals surface area contributed by atoms with Gasteiger partial charge in [0.1, 0.15) is 0 Å². The van der Waals surface area contributed by atoms with E-state index in [2.05, 4.69) is 22.1 Å². The van der Waals surface area contributed by atoms with Gasteiger partial charge < -0.3 is 19.1 Å². The van der Waals surface area contributed by atoms with Gasteiger partial charge in [-0.05, 0) is 19.2 Å². The Morgan fingerprint density at radius 2 is 1.59 bits per heavy atom. The summed E-state index contributed by atoms with van der Waals surface area (Å²) in [5, 5.41) is 6.60. The van der Waals surface area contributed by atoms with Crippen LogP contribution in [0.3, 0.4) is 0 Å². The molecule has 1 aliphatic rings. The van der Waals surface area contributed by atoms with E-state index in [0.717, 1.165) is 31.7 Å². The van der Waals surface area contributed by atoms with Gasteiger partial charge in [0.05, 0.1) is 27.5 Å². The number of piperazine rings is 1. The Morgan fingerprint density at radius 1 is 0.955 bits per heavy atom. The van der Waals surface area contributed by atoms with Gasteiger partial charge in [-0.3, -0.25) is 5.01 Å². The monoisotopic (exact) mass is 329 g/mol. The Balaban J connectivity index is 0.00000242. The second-order valence-corrected chi connectivity index (χ2v) is 4.93. The number of hydrogen-bond donors (Lipinski definition) is 0. The molecule has 1 aromatic rings. The number of hydrogen-bond acceptors (Lipinski definition) is 6. The van der Waals surface area contributed by atoms with Gasteiger partial charge in [0.25, 0.3) is 0 Å². The molecule has 124 valence electrons. The third kappa shape index (κ3) is 4.18. The molecule has 7 heteroatoms. The van der Waals surface area contributed by atoms with Gasteiger partial charge >= 0.3 is 0 Å². The summed E-state index contributed by atoms with van der Waals surface area (Å²) in [6.45, 7) is 3.92. The normalized spacial score (nSPS) is 15.5. The maximum Gasteiger partial charge on any atom is 0.203 e. The van der Waals surface area contributed by atoms with Crippen molar-refractivity contribution in [3.63, 3.8) is 0 Å². The van der Waals surface area contributed by atoms with Crippen LogP contribution in [0.2, 0.25) is 0 Å². The molecule has 0 aromatic heterocycles. The summed E-state index contributed by atoms with van der Waals surface area (Å²) in [7, 11) is 6.94. The number of hydrazone groups is 1. The fourth-order valence-corrected chi connectivity index (χ4v) is 2.28. The van der Waals surface area contributed by atoms with Crippen molar-refractivity contribution < 1.29 is 14.2 Å². The van der Waals surface area contributed by atoms with Crippen molar-refractivity contribution in [2.24, 2.45) is 5.10 Å². The van der Waals surface area contributed by atoms with Gasteiger partial charge in [0.15, 0.2) is 11.5 Å². The van der Waals surface area contributed by atoms with Crippen LogP contribution in [0.15, 0.2) is 17.2 Å². The van der Waals surface area contributed by atoms with Crippen LogP contribution in [0.5, 0.6) is 17.2 Å². The average molecular weight is 330 g/mol. The number of nitrogens with zero attached hydrogens (tertiary/aromatic N) is 3. The molecule has 6 nitrogen and oxygen atoms in total. The predicted octanol–water partition coefficient (Wildman–Crippen LogP) is 1.72. The standard InChI is InChI=1S/C15H23N3O3.ClH/c1-17-7-9-18(10-8-17)16-11-12-5-6-13(19-2)15(21-4)14(12)20-3;/h5-6,11H,7-10H2,1-4H3;1H. The van der Waals surface area contributed by atoms with Crippen molar-refractivity contribution in [1.82, 2.24) is 9.91 Å². The van der Waals surface area contributed by atoms with Gasteiger partial charge in [0, 0.05) is 31.7 Å². The molecule has 0 aliphatic carbocycles. The number of ether oxygens (including phenoxy) is 3. The fourth-order valence-electron chi connectivity index (χ4n) is 2.28. The topological polar surface area (TPSA) is 46.5 Å². The Morgan fingerprint density at radius 3 is 2.14 bits per heavy atom. The molecule has 0 spiro atoms. The first kappa shape index (κ1) is 18.4. The summed E-state index contributed by atoms with van der Waals surface area (Å²) in [5.74, 6) is 1.86. The van der Waals surface area contributed by atoms with Gasteiger partial charge in [-0.1, -0.05) is 0 Å². The molecule has 0 atom stereocenters. The van der Waals surface area contributed by atoms with Crippen LogP contribution in [0.1, 0.15) is 5.56 Å². The average Bonchev–Trinajstić information content (AvgIpc) is 2.53. The lowest BCUT2D eigenvalue weighted by Gasteiger charge is -2.30. The molecule has 1 heterocycles. The summed E-state index contributed by atoms with van der Waals surface area (Å²) in [6.07, 6.45) is 1.81. The van der Waals surface area contributed by atoms with Crippen molar-refractivity contribution in [3.05, 3.63) is 17.7 Å². The van der Waals surface area contributed by atoms with Gasteiger partial charge in [-0.25, -0.2) is 0 Å². The number of rotatable bonds is 5. The SMILES string of the molecule is COc1ccc(C=NN2CCN(C)CC2)c(OC)c1OC.Cl. The van der Waals surface area contributed by atoms with E-state index in [1.807, 2.05) is 18.3 Å². The van der Waals surface area contributed by atoms with Gasteiger partial charge in [-0.15, -0.1) is 12.4 Å². The Kier molecular flexibility index (Phi) is 7.27. The summed E-state index contributed by atoms with van der Waals surface area (Å²) >= 11 is 0. The second-order valence-electron chi connectivity index (χ2n) is 4.93. The minimum atomic E-state index is 0. The third-order valence-electron chi connectivity index (χ3n) is 3.57. The molecule has 1 saturated heterocycles. The molecule has 0 bridgehead atoms. The highest BCUT2D eigenvalue weighted by molar-refractivity contribution is 5.86. The first-order valence-corrected chi connectivity index (χ1v) is 6.96. The molecule has 1 fully saturated rings. The van der Waals surface area contributed by atoms with E-state index in [1.165, 1.54) is 0 Å². The molecule has 0 radical (unpaired) electrons. The predicted molar refractivity (Wildman–Crippen MR) is 90.0 cm³/mol. The van der Waals surface area contributed by atoms with Crippen molar-refractivity contribution in [3.8, 4) is 17.2 Å². The van der Waals surface area contributed by atoms with Crippen LogP contribution in [0, 0.1) is 0 Å². The number of halogens is 1. The summed E-state index contributed by atoms with van der Waals surface area (Å²) in [6, 6.07) is 3.77. The maximum absolute atomic E-state index is 5.44. The third-order valence-corrected chi connectivity index (χ3v) is 3.57. The molecule has 0 saturated carbocycles. The zero-order valence-corrected chi connectivity index (χ0v) is 14.4. The number of benzene rings is 1. The van der Waals surface area contributed by atoms with E-state index in [9.17, 15) is 0 Å². The quantitative estimate of drug-likeness (QED) is 0.770. The van der Waals surface area contributed by atoms with Gasteiger partial charge in [0.2, 0.25) is 5.75 Å². The Hall–Kier alpha value is -1.66. The van der Waals surface area contributed by atoms with Crippen molar-refractivity contribution in [1.29, 1.82) is 0 Å². The Bertz CT molecular complexity index is 503. The molecule has 22 heavy (non-hydrogen) atoms. The first-order chi connectivity index (χ1) is 10.2. The fraction of sp³-hybridized carbons (Fsp3) is 0.533. The van der Waals surface area contributed by atoms with Crippen LogP contribution in [-0.2, 0) is 0 Å².